The minimum Gasteiger partial charge on any atom is -0.456 e. The lowest BCUT2D eigenvalue weighted by Crippen LogP contribution is -2.69. The number of amides is 1. The van der Waals surface area contributed by atoms with Crippen molar-refractivity contribution in [3.63, 3.8) is 0 Å². The van der Waals surface area contributed by atoms with Crippen molar-refractivity contribution in [2.75, 3.05) is 0 Å². The predicted molar refractivity (Wildman–Crippen MR) is 113 cm³/mol. The van der Waals surface area contributed by atoms with Gasteiger partial charge in [0.15, 0.2) is 14.6 Å². The highest BCUT2D eigenvalue weighted by Crippen LogP contribution is 2.46. The summed E-state index contributed by atoms with van der Waals surface area (Å²) in [5, 5.41) is 12.9. The van der Waals surface area contributed by atoms with Crippen molar-refractivity contribution < 1.29 is 23.2 Å². The number of hydroxylamine groups is 1. The summed E-state index contributed by atoms with van der Waals surface area (Å²) < 4.78 is 32.0. The molecule has 0 atom stereocenters. The Morgan fingerprint density at radius 1 is 0.967 bits per heavy atom. The van der Waals surface area contributed by atoms with Gasteiger partial charge in [0.2, 0.25) is 0 Å². The summed E-state index contributed by atoms with van der Waals surface area (Å²) in [7, 11) is -4.26. The quantitative estimate of drug-likeness (QED) is 0.494. The number of benzene rings is 2. The first-order valence-corrected chi connectivity index (χ1v) is 11.2. The molecule has 0 aromatic heterocycles. The SMILES string of the molecule is CC1(C)CC(C(=O)NO)(S(=O)(=O)c2ccccc2Oc2ccccc2)CC(C)(C)N1. The van der Waals surface area contributed by atoms with Gasteiger partial charge in [-0.1, -0.05) is 30.3 Å². The van der Waals surface area contributed by atoms with Crippen molar-refractivity contribution in [2.45, 2.75) is 61.3 Å². The topological polar surface area (TPSA) is 105 Å². The fraction of sp³-hybridized carbons (Fsp3) is 0.409. The van der Waals surface area contributed by atoms with Crippen LogP contribution in [0.3, 0.4) is 0 Å². The first kappa shape index (κ1) is 22.3. The molecule has 8 heteroatoms. The van der Waals surface area contributed by atoms with E-state index < -0.39 is 31.6 Å². The lowest BCUT2D eigenvalue weighted by Gasteiger charge is -2.51. The van der Waals surface area contributed by atoms with Gasteiger partial charge in [-0.25, -0.2) is 13.9 Å². The lowest BCUT2D eigenvalue weighted by molar-refractivity contribution is -0.134. The average Bonchev–Trinajstić information content (AvgIpc) is 2.66. The maximum absolute atomic E-state index is 14.0. The molecule has 1 amide bonds. The van der Waals surface area contributed by atoms with Crippen LogP contribution in [-0.4, -0.2) is 35.4 Å². The Morgan fingerprint density at radius 3 is 2.07 bits per heavy atom. The monoisotopic (exact) mass is 432 g/mol. The zero-order chi connectivity index (χ0) is 22.2. The van der Waals surface area contributed by atoms with Gasteiger partial charge in [0.05, 0.1) is 0 Å². The smallest absolute Gasteiger partial charge is 0.265 e. The van der Waals surface area contributed by atoms with E-state index in [1.54, 1.807) is 47.9 Å². The van der Waals surface area contributed by atoms with Gasteiger partial charge in [0, 0.05) is 11.1 Å². The third-order valence-corrected chi connectivity index (χ3v) is 7.69. The number of sulfone groups is 1. The summed E-state index contributed by atoms with van der Waals surface area (Å²) >= 11 is 0. The molecule has 7 nitrogen and oxygen atoms in total. The summed E-state index contributed by atoms with van der Waals surface area (Å²) in [6, 6.07) is 15.1. The van der Waals surface area contributed by atoms with Gasteiger partial charge in [-0.3, -0.25) is 10.0 Å². The Hall–Kier alpha value is -2.42. The highest BCUT2D eigenvalue weighted by Gasteiger charge is 2.60. The van der Waals surface area contributed by atoms with Crippen LogP contribution in [0.25, 0.3) is 0 Å². The summed E-state index contributed by atoms with van der Waals surface area (Å²) in [6.07, 6.45) is -0.0321. The molecule has 1 aliphatic rings. The summed E-state index contributed by atoms with van der Waals surface area (Å²) in [5.74, 6) is -0.339. The standard InChI is InChI=1S/C22H28N2O5S/c1-20(2)14-22(19(25)23-26,15-21(3,4)24-20)30(27,28)18-13-9-8-12-17(18)29-16-10-6-5-7-11-16/h5-13,24,26H,14-15H2,1-4H3,(H,23,25). The Labute approximate surface area is 177 Å². The highest BCUT2D eigenvalue weighted by atomic mass is 32.2. The Kier molecular flexibility index (Phi) is 5.70. The summed E-state index contributed by atoms with van der Waals surface area (Å²) in [6.45, 7) is 7.37. The first-order chi connectivity index (χ1) is 13.9. The van der Waals surface area contributed by atoms with E-state index in [4.69, 9.17) is 4.74 Å². The molecule has 0 aliphatic carbocycles. The lowest BCUT2D eigenvalue weighted by atomic mass is 9.75. The Morgan fingerprint density at radius 2 is 1.50 bits per heavy atom. The molecule has 0 unspecified atom stereocenters. The van der Waals surface area contributed by atoms with Crippen molar-refractivity contribution >= 4 is 15.7 Å². The van der Waals surface area contributed by atoms with Crippen LogP contribution >= 0.6 is 0 Å². The van der Waals surface area contributed by atoms with E-state index in [2.05, 4.69) is 5.32 Å². The molecule has 0 bridgehead atoms. The van der Waals surface area contributed by atoms with Crippen LogP contribution in [0.15, 0.2) is 59.5 Å². The Bertz CT molecular complexity index is 1020. The van der Waals surface area contributed by atoms with Gasteiger partial charge in [-0.05, 0) is 64.8 Å². The maximum atomic E-state index is 14.0. The summed E-state index contributed by atoms with van der Waals surface area (Å²) in [4.78, 5) is 12.9. The number of hydrogen-bond donors (Lipinski definition) is 3. The van der Waals surface area contributed by atoms with Crippen molar-refractivity contribution in [2.24, 2.45) is 0 Å². The molecule has 2 aromatic carbocycles. The third-order valence-electron chi connectivity index (χ3n) is 5.27. The normalized spacial score (nSPS) is 19.6. The second kappa shape index (κ2) is 7.68. The van der Waals surface area contributed by atoms with Crippen molar-refractivity contribution in [3.05, 3.63) is 54.6 Å². The average molecular weight is 433 g/mol. The van der Waals surface area contributed by atoms with Crippen molar-refractivity contribution in [3.8, 4) is 11.5 Å². The molecule has 1 fully saturated rings. The van der Waals surface area contributed by atoms with E-state index in [-0.39, 0.29) is 23.5 Å². The summed E-state index contributed by atoms with van der Waals surface area (Å²) in [5.41, 5.74) is 0.269. The van der Waals surface area contributed by atoms with Crippen LogP contribution in [0.4, 0.5) is 0 Å². The number of ether oxygens (including phenoxy) is 1. The van der Waals surface area contributed by atoms with Crippen molar-refractivity contribution in [1.82, 2.24) is 10.8 Å². The van der Waals surface area contributed by atoms with E-state index in [9.17, 15) is 18.4 Å². The molecule has 0 radical (unpaired) electrons. The van der Waals surface area contributed by atoms with E-state index in [1.165, 1.54) is 6.07 Å². The number of carbonyl (C=O) groups is 1. The van der Waals surface area contributed by atoms with Gasteiger partial charge in [-0.15, -0.1) is 0 Å². The van der Waals surface area contributed by atoms with Gasteiger partial charge in [0.1, 0.15) is 16.4 Å². The van der Waals surface area contributed by atoms with E-state index >= 15 is 0 Å². The van der Waals surface area contributed by atoms with Crippen LogP contribution in [0.1, 0.15) is 40.5 Å². The number of hydrogen-bond acceptors (Lipinski definition) is 6. The first-order valence-electron chi connectivity index (χ1n) is 9.73. The van der Waals surface area contributed by atoms with Gasteiger partial charge in [-0.2, -0.15) is 0 Å². The zero-order valence-corrected chi connectivity index (χ0v) is 18.4. The molecule has 1 aliphatic heterocycles. The van der Waals surface area contributed by atoms with Crippen LogP contribution < -0.4 is 15.5 Å². The molecule has 30 heavy (non-hydrogen) atoms. The van der Waals surface area contributed by atoms with Crippen LogP contribution in [0, 0.1) is 0 Å². The molecular weight excluding hydrogens is 404 g/mol. The fourth-order valence-corrected chi connectivity index (χ4v) is 7.10. The minimum atomic E-state index is -4.26. The molecule has 1 heterocycles. The number of carbonyl (C=O) groups excluding carboxylic acids is 1. The van der Waals surface area contributed by atoms with Crippen molar-refractivity contribution in [1.29, 1.82) is 0 Å². The molecular formula is C22H28N2O5S. The predicted octanol–water partition coefficient (Wildman–Crippen LogP) is 3.44. The third kappa shape index (κ3) is 4.08. The highest BCUT2D eigenvalue weighted by molar-refractivity contribution is 7.93. The zero-order valence-electron chi connectivity index (χ0n) is 17.6. The van der Waals surface area contributed by atoms with E-state index in [0.717, 1.165) is 0 Å². The molecule has 0 spiro atoms. The molecule has 162 valence electrons. The second-order valence-electron chi connectivity index (χ2n) is 9.05. The van der Waals surface area contributed by atoms with Gasteiger partial charge < -0.3 is 10.1 Å². The van der Waals surface area contributed by atoms with Gasteiger partial charge >= 0.3 is 0 Å². The largest absolute Gasteiger partial charge is 0.456 e. The number of rotatable bonds is 5. The van der Waals surface area contributed by atoms with Gasteiger partial charge in [0.25, 0.3) is 5.91 Å². The number of para-hydroxylation sites is 2. The number of piperidine rings is 1. The Balaban J connectivity index is 2.18. The molecule has 1 saturated heterocycles. The minimum absolute atomic E-state index is 0.0160. The van der Waals surface area contributed by atoms with Crippen LogP contribution in [0.5, 0.6) is 11.5 Å². The van der Waals surface area contributed by atoms with Crippen LogP contribution in [0.2, 0.25) is 0 Å². The van der Waals surface area contributed by atoms with E-state index in [0.29, 0.717) is 5.75 Å². The molecule has 3 rings (SSSR count). The molecule has 3 N–H and O–H groups in total. The maximum Gasteiger partial charge on any atom is 0.265 e. The number of nitrogens with one attached hydrogen (secondary N) is 2. The second-order valence-corrected chi connectivity index (χ2v) is 11.3. The molecule has 0 saturated carbocycles. The fourth-order valence-electron chi connectivity index (χ4n) is 4.65. The van der Waals surface area contributed by atoms with E-state index in [1.807, 2.05) is 33.8 Å². The van der Waals surface area contributed by atoms with Crippen LogP contribution in [-0.2, 0) is 14.6 Å². The molecule has 2 aromatic rings.